The van der Waals surface area contributed by atoms with Crippen LogP contribution in [0.5, 0.6) is 0 Å². The summed E-state index contributed by atoms with van der Waals surface area (Å²) in [5.41, 5.74) is 2.77. The zero-order chi connectivity index (χ0) is 8.55. The lowest BCUT2D eigenvalue weighted by atomic mass is 10.3. The molecule has 0 saturated heterocycles. The second kappa shape index (κ2) is 2.93. The van der Waals surface area contributed by atoms with E-state index in [-0.39, 0.29) is 0 Å². The monoisotopic (exact) mass is 274 g/mol. The first-order valence-corrected chi connectivity index (χ1v) is 4.61. The molecule has 0 aliphatic heterocycles. The molecule has 1 heterocycles. The first kappa shape index (κ1) is 7.85. The summed E-state index contributed by atoms with van der Waals surface area (Å²) in [4.78, 5) is 4.21. The number of oxazole rings is 1. The Balaban J connectivity index is 2.66. The second-order valence-corrected chi connectivity index (χ2v) is 3.05. The van der Waals surface area contributed by atoms with Gasteiger partial charge in [-0.05, 0) is 18.2 Å². The molecule has 0 radical (unpaired) electrons. The van der Waals surface area contributed by atoms with E-state index in [1.165, 1.54) is 0 Å². The van der Waals surface area contributed by atoms with Crippen LogP contribution in [0.1, 0.15) is 5.89 Å². The molecule has 0 amide bonds. The van der Waals surface area contributed by atoms with Gasteiger partial charge in [-0.15, -0.1) is 0 Å². The molecule has 1 aromatic carbocycles. The minimum Gasteiger partial charge on any atom is -0.441 e. The third-order valence-electron chi connectivity index (χ3n) is 1.60. The fraction of sp³-hybridized carbons (Fsp3) is 0.125. The molecule has 0 unspecified atom stereocenters. The molecule has 1 aromatic heterocycles. The minimum atomic E-state index is 0.704. The van der Waals surface area contributed by atoms with Crippen LogP contribution in [0, 0.1) is 6.92 Å². The van der Waals surface area contributed by atoms with Gasteiger partial charge in [-0.1, -0.05) is 0 Å². The Labute approximate surface area is 83.7 Å². The van der Waals surface area contributed by atoms with Crippen molar-refractivity contribution in [3.05, 3.63) is 24.1 Å². The van der Waals surface area contributed by atoms with Crippen molar-refractivity contribution in [2.45, 2.75) is 6.92 Å². The number of anilines is 1. The van der Waals surface area contributed by atoms with E-state index in [9.17, 15) is 0 Å². The molecular weight excluding hydrogens is 267 g/mol. The number of rotatable bonds is 1. The predicted octanol–water partition coefficient (Wildman–Crippen LogP) is 2.90. The Morgan fingerprint density at radius 1 is 1.50 bits per heavy atom. The Hall–Kier alpha value is -0.780. The third kappa shape index (κ3) is 1.26. The van der Waals surface area contributed by atoms with Crippen LogP contribution >= 0.6 is 22.9 Å². The first-order valence-electron chi connectivity index (χ1n) is 3.53. The quantitative estimate of drug-likeness (QED) is 0.641. The molecule has 0 atom stereocenters. The highest BCUT2D eigenvalue weighted by molar-refractivity contribution is 14.1. The Bertz CT molecular complexity index is 410. The van der Waals surface area contributed by atoms with Crippen LogP contribution in [0.25, 0.3) is 11.1 Å². The Morgan fingerprint density at radius 3 is 3.08 bits per heavy atom. The lowest BCUT2D eigenvalue weighted by molar-refractivity contribution is 0.561. The van der Waals surface area contributed by atoms with Crippen molar-refractivity contribution in [1.82, 2.24) is 4.98 Å². The van der Waals surface area contributed by atoms with E-state index >= 15 is 0 Å². The van der Waals surface area contributed by atoms with Gasteiger partial charge >= 0.3 is 0 Å². The van der Waals surface area contributed by atoms with E-state index in [0.29, 0.717) is 5.89 Å². The highest BCUT2D eigenvalue weighted by atomic mass is 127. The molecule has 0 aliphatic rings. The highest BCUT2D eigenvalue weighted by Crippen LogP contribution is 2.20. The molecule has 0 saturated carbocycles. The van der Waals surface area contributed by atoms with E-state index in [0.717, 1.165) is 16.8 Å². The number of aromatic nitrogens is 1. The highest BCUT2D eigenvalue weighted by Gasteiger charge is 2.01. The predicted molar refractivity (Wildman–Crippen MR) is 56.4 cm³/mol. The van der Waals surface area contributed by atoms with E-state index in [2.05, 4.69) is 31.4 Å². The number of aryl methyl sites for hydroxylation is 1. The van der Waals surface area contributed by atoms with Crippen LogP contribution < -0.4 is 3.53 Å². The number of hydrogen-bond donors (Lipinski definition) is 1. The Morgan fingerprint density at radius 2 is 2.33 bits per heavy atom. The topological polar surface area (TPSA) is 38.1 Å². The van der Waals surface area contributed by atoms with Crippen molar-refractivity contribution >= 4 is 39.7 Å². The molecular formula is C8H7IN2O. The van der Waals surface area contributed by atoms with E-state index in [1.807, 2.05) is 25.1 Å². The maximum Gasteiger partial charge on any atom is 0.192 e. The standard InChI is InChI=1S/C8H7IN2O/c1-5-10-7-4-6(11-9)2-3-8(7)12-5/h2-4,11H,1H3. The number of nitrogens with zero attached hydrogens (tertiary/aromatic N) is 1. The lowest BCUT2D eigenvalue weighted by Crippen LogP contribution is -1.77. The second-order valence-electron chi connectivity index (χ2n) is 2.51. The van der Waals surface area contributed by atoms with Crippen LogP contribution in [0.2, 0.25) is 0 Å². The van der Waals surface area contributed by atoms with Crippen LogP contribution in [0.4, 0.5) is 5.69 Å². The van der Waals surface area contributed by atoms with Gasteiger partial charge in [0.2, 0.25) is 0 Å². The van der Waals surface area contributed by atoms with Gasteiger partial charge < -0.3 is 7.95 Å². The van der Waals surface area contributed by atoms with Crippen molar-refractivity contribution in [3.63, 3.8) is 0 Å². The average Bonchev–Trinajstić information content (AvgIpc) is 2.43. The van der Waals surface area contributed by atoms with Crippen LogP contribution in [-0.4, -0.2) is 4.98 Å². The average molecular weight is 274 g/mol. The molecule has 2 rings (SSSR count). The molecule has 0 bridgehead atoms. The zero-order valence-corrected chi connectivity index (χ0v) is 8.62. The summed E-state index contributed by atoms with van der Waals surface area (Å²) >= 11 is 2.08. The summed E-state index contributed by atoms with van der Waals surface area (Å²) < 4.78 is 8.34. The Kier molecular flexibility index (Phi) is 1.92. The summed E-state index contributed by atoms with van der Waals surface area (Å²) in [6.07, 6.45) is 0. The van der Waals surface area contributed by atoms with Crippen LogP contribution in [-0.2, 0) is 0 Å². The fourth-order valence-corrected chi connectivity index (χ4v) is 1.44. The molecule has 62 valence electrons. The molecule has 12 heavy (non-hydrogen) atoms. The number of benzene rings is 1. The molecule has 3 nitrogen and oxygen atoms in total. The third-order valence-corrected chi connectivity index (χ3v) is 2.23. The van der Waals surface area contributed by atoms with Crippen molar-refractivity contribution in [2.75, 3.05) is 3.53 Å². The number of hydrogen-bond acceptors (Lipinski definition) is 3. The number of nitrogens with one attached hydrogen (secondary N) is 1. The number of halogens is 1. The SMILES string of the molecule is Cc1nc2cc(NI)ccc2o1. The molecule has 2 aromatic rings. The van der Waals surface area contributed by atoms with Crippen LogP contribution in [0.15, 0.2) is 22.6 Å². The van der Waals surface area contributed by atoms with Gasteiger partial charge in [-0.3, -0.25) is 0 Å². The van der Waals surface area contributed by atoms with Crippen molar-refractivity contribution in [3.8, 4) is 0 Å². The van der Waals surface area contributed by atoms with Gasteiger partial charge in [0.25, 0.3) is 0 Å². The molecule has 4 heteroatoms. The van der Waals surface area contributed by atoms with Crippen molar-refractivity contribution in [1.29, 1.82) is 0 Å². The zero-order valence-electron chi connectivity index (χ0n) is 6.47. The summed E-state index contributed by atoms with van der Waals surface area (Å²) in [6.45, 7) is 1.84. The summed E-state index contributed by atoms with van der Waals surface area (Å²) in [5.74, 6) is 0.704. The van der Waals surface area contributed by atoms with Gasteiger partial charge in [-0.25, -0.2) is 4.98 Å². The molecule has 1 N–H and O–H groups in total. The van der Waals surface area contributed by atoms with Crippen molar-refractivity contribution < 1.29 is 4.42 Å². The summed E-state index contributed by atoms with van der Waals surface area (Å²) in [6, 6.07) is 5.83. The summed E-state index contributed by atoms with van der Waals surface area (Å²) in [5, 5.41) is 0. The van der Waals surface area contributed by atoms with E-state index in [1.54, 1.807) is 0 Å². The number of fused-ring (bicyclic) bond motifs is 1. The summed E-state index contributed by atoms with van der Waals surface area (Å²) in [7, 11) is 0. The van der Waals surface area contributed by atoms with Gasteiger partial charge in [0.05, 0.1) is 22.9 Å². The van der Waals surface area contributed by atoms with E-state index in [4.69, 9.17) is 4.42 Å². The van der Waals surface area contributed by atoms with Gasteiger partial charge in [0.15, 0.2) is 11.5 Å². The van der Waals surface area contributed by atoms with Gasteiger partial charge in [-0.2, -0.15) is 0 Å². The smallest absolute Gasteiger partial charge is 0.192 e. The van der Waals surface area contributed by atoms with Gasteiger partial charge in [0, 0.05) is 12.6 Å². The maximum atomic E-state index is 5.33. The molecule has 0 aliphatic carbocycles. The fourth-order valence-electron chi connectivity index (χ4n) is 1.10. The van der Waals surface area contributed by atoms with Gasteiger partial charge in [0.1, 0.15) is 5.52 Å². The first-order chi connectivity index (χ1) is 5.79. The molecule has 0 fully saturated rings. The maximum absolute atomic E-state index is 5.33. The normalized spacial score (nSPS) is 10.5. The van der Waals surface area contributed by atoms with Crippen LogP contribution in [0.3, 0.4) is 0 Å². The largest absolute Gasteiger partial charge is 0.441 e. The lowest BCUT2D eigenvalue weighted by Gasteiger charge is -1.94. The van der Waals surface area contributed by atoms with E-state index < -0.39 is 0 Å². The van der Waals surface area contributed by atoms with Crippen molar-refractivity contribution in [2.24, 2.45) is 0 Å². The molecule has 0 spiro atoms. The minimum absolute atomic E-state index is 0.704.